The molecule has 0 saturated carbocycles. The van der Waals surface area contributed by atoms with Gasteiger partial charge in [-0.1, -0.05) is 0 Å². The molecular weight excluding hydrogens is 536 g/mol. The van der Waals surface area contributed by atoms with Gasteiger partial charge in [-0.25, -0.2) is 18.7 Å². The molecule has 3 aromatic rings. The molecule has 2 aromatic carbocycles. The van der Waals surface area contributed by atoms with E-state index in [1.165, 1.54) is 26.6 Å². The fourth-order valence-corrected chi connectivity index (χ4v) is 4.68. The molecule has 0 amide bonds. The molecule has 12 heteroatoms. The molecule has 1 aliphatic rings. The van der Waals surface area contributed by atoms with Crippen LogP contribution in [0.1, 0.15) is 32.3 Å². The maximum atomic E-state index is 14.6. The second-order valence-electron chi connectivity index (χ2n) is 10.4. The Labute approximate surface area is 238 Å². The van der Waals surface area contributed by atoms with Gasteiger partial charge in [-0.15, -0.1) is 0 Å². The first-order valence-electron chi connectivity index (χ1n) is 13.3. The minimum absolute atomic E-state index is 0.0912. The van der Waals surface area contributed by atoms with Gasteiger partial charge in [0.1, 0.15) is 12.4 Å². The van der Waals surface area contributed by atoms with Crippen molar-refractivity contribution >= 4 is 17.3 Å². The van der Waals surface area contributed by atoms with Crippen molar-refractivity contribution in [3.8, 4) is 23.0 Å². The van der Waals surface area contributed by atoms with Crippen LogP contribution in [0.5, 0.6) is 23.0 Å². The van der Waals surface area contributed by atoms with Crippen LogP contribution in [0, 0.1) is 11.6 Å². The highest BCUT2D eigenvalue weighted by atomic mass is 19.1. The van der Waals surface area contributed by atoms with Gasteiger partial charge in [0, 0.05) is 42.5 Å². The number of piperidine rings is 1. The van der Waals surface area contributed by atoms with Crippen molar-refractivity contribution in [2.45, 2.75) is 44.9 Å². The Bertz CT molecular complexity index is 1290. The van der Waals surface area contributed by atoms with E-state index in [0.29, 0.717) is 12.0 Å². The fourth-order valence-electron chi connectivity index (χ4n) is 4.68. The van der Waals surface area contributed by atoms with Gasteiger partial charge in [0.2, 0.25) is 5.95 Å². The summed E-state index contributed by atoms with van der Waals surface area (Å²) in [5.74, 6) is -0.779. The summed E-state index contributed by atoms with van der Waals surface area (Å²) in [6.45, 7) is 5.41. The summed E-state index contributed by atoms with van der Waals surface area (Å²) in [5.41, 5.74) is 1.10. The van der Waals surface area contributed by atoms with Crippen molar-refractivity contribution in [1.29, 1.82) is 0 Å². The molecular formula is C29H37F2N5O5. The third-order valence-electron chi connectivity index (χ3n) is 6.94. The van der Waals surface area contributed by atoms with Crippen molar-refractivity contribution in [1.82, 2.24) is 15.3 Å². The summed E-state index contributed by atoms with van der Waals surface area (Å²) in [6.07, 6.45) is 4.73. The van der Waals surface area contributed by atoms with E-state index in [4.69, 9.17) is 18.9 Å². The summed E-state index contributed by atoms with van der Waals surface area (Å²) in [7, 11) is 4.20. The molecule has 1 aliphatic heterocycles. The molecule has 0 atom stereocenters. The van der Waals surface area contributed by atoms with E-state index >= 15 is 0 Å². The van der Waals surface area contributed by atoms with E-state index in [9.17, 15) is 13.9 Å². The predicted molar refractivity (Wildman–Crippen MR) is 152 cm³/mol. The quantitative estimate of drug-likeness (QED) is 0.288. The average molecular weight is 574 g/mol. The number of benzene rings is 2. The highest BCUT2D eigenvalue weighted by Gasteiger charge is 2.26. The Morgan fingerprint density at radius 1 is 0.951 bits per heavy atom. The summed E-state index contributed by atoms with van der Waals surface area (Å²) >= 11 is 0. The maximum absolute atomic E-state index is 14.6. The van der Waals surface area contributed by atoms with Crippen molar-refractivity contribution in [3.05, 3.63) is 53.9 Å². The number of halogens is 2. The van der Waals surface area contributed by atoms with E-state index in [2.05, 4.69) is 25.5 Å². The summed E-state index contributed by atoms with van der Waals surface area (Å²) in [4.78, 5) is 10.8. The monoisotopic (exact) mass is 573 g/mol. The van der Waals surface area contributed by atoms with Crippen molar-refractivity contribution in [2.75, 3.05) is 51.2 Å². The zero-order valence-electron chi connectivity index (χ0n) is 24.0. The number of nitrogens with one attached hydrogen (secondary N) is 2. The molecule has 0 unspecified atom stereocenters. The molecule has 4 rings (SSSR count). The average Bonchev–Trinajstić information content (AvgIpc) is 2.98. The summed E-state index contributed by atoms with van der Waals surface area (Å²) in [5, 5.41) is 16.2. The number of aliphatic hydroxyl groups excluding tert-OH is 1. The van der Waals surface area contributed by atoms with Crippen molar-refractivity contribution < 1.29 is 32.8 Å². The summed E-state index contributed by atoms with van der Waals surface area (Å²) < 4.78 is 50.3. The number of methoxy groups -OCH3 is 3. The number of hydrogen-bond acceptors (Lipinski definition) is 10. The molecule has 0 bridgehead atoms. The molecule has 3 N–H and O–H groups in total. The Hall–Kier alpha value is -3.90. The topological polar surface area (TPSA) is 110 Å². The van der Waals surface area contributed by atoms with Gasteiger partial charge in [0.15, 0.2) is 28.9 Å². The lowest BCUT2D eigenvalue weighted by molar-refractivity contribution is 0.168. The standard InChI is InChI=1S/C29H37F2N5O5/c1-29(2,17-37)35-18-8-10-36(11-9-18)22-7-6-19(12-23(22)38-3)34-28-32-14-20(15-33-28)41-16-21-26(30)24(39-4)13-25(40-5)27(21)31/h6-7,12-15,18,35,37H,8-11,16-17H2,1-5H3,(H,32,33,34). The molecule has 2 heterocycles. The maximum Gasteiger partial charge on any atom is 0.227 e. The first-order chi connectivity index (χ1) is 19.7. The number of rotatable bonds is 12. The molecule has 0 spiro atoms. The van der Waals surface area contributed by atoms with Crippen LogP contribution in [-0.2, 0) is 6.61 Å². The molecule has 0 aliphatic carbocycles. The minimum atomic E-state index is -0.867. The number of nitrogens with zero attached hydrogens (tertiary/aromatic N) is 3. The van der Waals surface area contributed by atoms with E-state index < -0.39 is 18.2 Å². The zero-order valence-corrected chi connectivity index (χ0v) is 24.0. The van der Waals surface area contributed by atoms with Crippen LogP contribution >= 0.6 is 0 Å². The SMILES string of the molecule is COc1cc(Nc2ncc(OCc3c(F)c(OC)cc(OC)c3F)cn2)ccc1N1CCC(NC(C)(C)CO)CC1. The lowest BCUT2D eigenvalue weighted by Crippen LogP contribution is -2.52. The van der Waals surface area contributed by atoms with E-state index in [1.807, 2.05) is 32.0 Å². The molecule has 1 aromatic heterocycles. The Kier molecular flexibility index (Phi) is 9.66. The van der Waals surface area contributed by atoms with Crippen LogP contribution in [-0.4, -0.2) is 67.7 Å². The van der Waals surface area contributed by atoms with Crippen molar-refractivity contribution in [3.63, 3.8) is 0 Å². The highest BCUT2D eigenvalue weighted by Crippen LogP contribution is 2.34. The molecule has 10 nitrogen and oxygen atoms in total. The molecule has 222 valence electrons. The van der Waals surface area contributed by atoms with Crippen LogP contribution in [0.25, 0.3) is 0 Å². The second-order valence-corrected chi connectivity index (χ2v) is 10.4. The largest absolute Gasteiger partial charge is 0.495 e. The van der Waals surface area contributed by atoms with Gasteiger partial charge >= 0.3 is 0 Å². The number of aromatic nitrogens is 2. The molecule has 1 saturated heterocycles. The smallest absolute Gasteiger partial charge is 0.227 e. The second kappa shape index (κ2) is 13.2. The van der Waals surface area contributed by atoms with Crippen molar-refractivity contribution in [2.24, 2.45) is 0 Å². The van der Waals surface area contributed by atoms with Gasteiger partial charge in [-0.2, -0.15) is 0 Å². The van der Waals surface area contributed by atoms with Gasteiger partial charge in [-0.05, 0) is 38.8 Å². The lowest BCUT2D eigenvalue weighted by atomic mass is 9.99. The zero-order chi connectivity index (χ0) is 29.6. The van der Waals surface area contributed by atoms with Crippen LogP contribution in [0.3, 0.4) is 0 Å². The van der Waals surface area contributed by atoms with E-state index in [0.717, 1.165) is 49.1 Å². The third-order valence-corrected chi connectivity index (χ3v) is 6.94. The first kappa shape index (κ1) is 30.1. The van der Waals surface area contributed by atoms with Crippen LogP contribution in [0.15, 0.2) is 36.7 Å². The van der Waals surface area contributed by atoms with E-state index in [-0.39, 0.29) is 35.0 Å². The number of hydrogen-bond donors (Lipinski definition) is 3. The number of anilines is 3. The fraction of sp³-hybridized carbons (Fsp3) is 0.448. The Balaban J connectivity index is 1.37. The lowest BCUT2D eigenvalue weighted by Gasteiger charge is -2.38. The van der Waals surface area contributed by atoms with Gasteiger partial charge in [-0.3, -0.25) is 0 Å². The highest BCUT2D eigenvalue weighted by molar-refractivity contribution is 5.67. The van der Waals surface area contributed by atoms with Crippen LogP contribution in [0.4, 0.5) is 26.1 Å². The number of ether oxygens (including phenoxy) is 4. The van der Waals surface area contributed by atoms with Crippen LogP contribution < -0.4 is 34.5 Å². The van der Waals surface area contributed by atoms with Gasteiger partial charge < -0.3 is 39.6 Å². The Morgan fingerprint density at radius 3 is 2.12 bits per heavy atom. The van der Waals surface area contributed by atoms with Gasteiger partial charge in [0.05, 0.1) is 51.6 Å². The minimum Gasteiger partial charge on any atom is -0.495 e. The normalized spacial score (nSPS) is 14.1. The van der Waals surface area contributed by atoms with Gasteiger partial charge in [0.25, 0.3) is 0 Å². The summed E-state index contributed by atoms with van der Waals surface area (Å²) in [6, 6.07) is 7.28. The molecule has 0 radical (unpaired) electrons. The van der Waals surface area contributed by atoms with Crippen LogP contribution in [0.2, 0.25) is 0 Å². The van der Waals surface area contributed by atoms with E-state index in [1.54, 1.807) is 7.11 Å². The number of aliphatic hydroxyl groups is 1. The molecule has 41 heavy (non-hydrogen) atoms. The first-order valence-corrected chi connectivity index (χ1v) is 13.3. The Morgan fingerprint density at radius 2 is 1.56 bits per heavy atom. The molecule has 1 fully saturated rings. The third kappa shape index (κ3) is 7.25. The predicted octanol–water partition coefficient (Wildman–Crippen LogP) is 4.43.